The Kier molecular flexibility index (Phi) is 3.08. The minimum absolute atomic E-state index is 0.260. The Labute approximate surface area is 139 Å². The third kappa shape index (κ3) is 2.16. The Morgan fingerprint density at radius 3 is 2.61 bits per heavy atom. The Morgan fingerprint density at radius 1 is 1.00 bits per heavy atom. The number of Topliss-reactive ketones (excluding diaryl/α,β-unsaturated/α-hetero) is 1. The second kappa shape index (κ2) is 5.06. The van der Waals surface area contributed by atoms with E-state index in [9.17, 15) is 4.79 Å². The minimum Gasteiger partial charge on any atom is -0.294 e. The lowest BCUT2D eigenvalue weighted by Gasteiger charge is -2.39. The second-order valence-corrected chi connectivity index (χ2v) is 8.58. The van der Waals surface area contributed by atoms with Crippen molar-refractivity contribution in [2.24, 2.45) is 17.3 Å². The number of hydrogen-bond donors (Lipinski definition) is 0. The van der Waals surface area contributed by atoms with Gasteiger partial charge in [-0.2, -0.15) is 0 Å². The van der Waals surface area contributed by atoms with E-state index >= 15 is 0 Å². The molecule has 4 aliphatic rings. The maximum atomic E-state index is 12.9. The van der Waals surface area contributed by atoms with Gasteiger partial charge in [-0.1, -0.05) is 43.5 Å². The van der Waals surface area contributed by atoms with Crippen molar-refractivity contribution >= 4 is 5.78 Å². The van der Waals surface area contributed by atoms with Crippen molar-refractivity contribution in [1.29, 1.82) is 0 Å². The number of ketones is 1. The zero-order valence-corrected chi connectivity index (χ0v) is 13.9. The van der Waals surface area contributed by atoms with Gasteiger partial charge < -0.3 is 0 Å². The van der Waals surface area contributed by atoms with Gasteiger partial charge in [0.05, 0.1) is 0 Å². The number of carbonyl (C=O) groups excluding carboxylic acids is 1. The number of fused-ring (bicyclic) bond motifs is 4. The quantitative estimate of drug-likeness (QED) is 0.631. The molecule has 2 bridgehead atoms. The normalized spacial score (nSPS) is 35.9. The molecule has 0 saturated heterocycles. The van der Waals surface area contributed by atoms with E-state index in [4.69, 9.17) is 0 Å². The van der Waals surface area contributed by atoms with Crippen molar-refractivity contribution in [3.63, 3.8) is 0 Å². The van der Waals surface area contributed by atoms with Gasteiger partial charge in [0, 0.05) is 12.0 Å². The molecule has 1 spiro atoms. The molecule has 0 aromatic heterocycles. The van der Waals surface area contributed by atoms with Crippen molar-refractivity contribution in [2.45, 2.75) is 63.7 Å². The summed E-state index contributed by atoms with van der Waals surface area (Å²) in [4.78, 5) is 12.9. The van der Waals surface area contributed by atoms with Crippen LogP contribution in [0.5, 0.6) is 0 Å². The molecule has 1 aromatic rings. The van der Waals surface area contributed by atoms with Crippen molar-refractivity contribution in [3.8, 4) is 0 Å². The molecule has 0 amide bonds. The van der Waals surface area contributed by atoms with Crippen molar-refractivity contribution in [2.75, 3.05) is 0 Å². The molecule has 4 aliphatic carbocycles. The van der Waals surface area contributed by atoms with Crippen molar-refractivity contribution < 1.29 is 4.79 Å². The van der Waals surface area contributed by atoms with Gasteiger partial charge in [-0.15, -0.1) is 0 Å². The minimum atomic E-state index is 0.260. The molecule has 23 heavy (non-hydrogen) atoms. The highest BCUT2D eigenvalue weighted by atomic mass is 16.1. The molecule has 0 aliphatic heterocycles. The smallest absolute Gasteiger partial charge is 0.163 e. The van der Waals surface area contributed by atoms with E-state index < -0.39 is 0 Å². The largest absolute Gasteiger partial charge is 0.294 e. The van der Waals surface area contributed by atoms with Gasteiger partial charge in [-0.3, -0.25) is 4.79 Å². The van der Waals surface area contributed by atoms with Crippen LogP contribution >= 0.6 is 0 Å². The molecule has 0 radical (unpaired) electrons. The van der Waals surface area contributed by atoms with Gasteiger partial charge in [0.1, 0.15) is 0 Å². The van der Waals surface area contributed by atoms with Crippen LogP contribution in [0.3, 0.4) is 0 Å². The summed E-state index contributed by atoms with van der Waals surface area (Å²) in [5.41, 5.74) is 4.09. The fourth-order valence-electron chi connectivity index (χ4n) is 6.01. The second-order valence-electron chi connectivity index (χ2n) is 8.58. The van der Waals surface area contributed by atoms with Crippen LogP contribution in [-0.4, -0.2) is 5.78 Å². The number of allylic oxidation sites excluding steroid dienone is 2. The SMILES string of the molecule is O=C1CC2(Cc3ccc(C4CCCCC4)cc31)CC1C=CC2C1. The first-order valence-corrected chi connectivity index (χ1v) is 9.58. The summed E-state index contributed by atoms with van der Waals surface area (Å²) >= 11 is 0. The predicted octanol–water partition coefficient (Wildman–Crippen LogP) is 5.45. The zero-order chi connectivity index (χ0) is 15.4. The number of carbonyl (C=O) groups is 1. The molecular weight excluding hydrogens is 280 g/mol. The van der Waals surface area contributed by atoms with Crippen LogP contribution in [0.15, 0.2) is 30.4 Å². The summed E-state index contributed by atoms with van der Waals surface area (Å²) in [6.07, 6.45) is 16.0. The lowest BCUT2D eigenvalue weighted by Crippen LogP contribution is -2.36. The molecule has 5 rings (SSSR count). The van der Waals surface area contributed by atoms with Crippen LogP contribution < -0.4 is 0 Å². The highest BCUT2D eigenvalue weighted by molar-refractivity contribution is 5.99. The molecule has 1 nitrogen and oxygen atoms in total. The first kappa shape index (κ1) is 14.0. The van der Waals surface area contributed by atoms with E-state index in [0.29, 0.717) is 17.6 Å². The van der Waals surface area contributed by atoms with E-state index in [1.54, 1.807) is 0 Å². The lowest BCUT2D eigenvalue weighted by atomic mass is 9.64. The monoisotopic (exact) mass is 306 g/mol. The summed E-state index contributed by atoms with van der Waals surface area (Å²) in [7, 11) is 0. The molecule has 0 heterocycles. The topological polar surface area (TPSA) is 17.1 Å². The molecule has 120 valence electrons. The van der Waals surface area contributed by atoms with E-state index in [2.05, 4.69) is 30.4 Å². The van der Waals surface area contributed by atoms with Crippen LogP contribution in [0.1, 0.15) is 78.8 Å². The standard InChI is InChI=1S/C22H26O/c23-21-14-22(12-15-6-9-19(22)10-15)13-18-8-7-17(11-20(18)21)16-4-2-1-3-5-16/h6-9,11,15-16,19H,1-5,10,12-14H2. The van der Waals surface area contributed by atoms with E-state index in [-0.39, 0.29) is 5.41 Å². The van der Waals surface area contributed by atoms with Gasteiger partial charge in [0.15, 0.2) is 5.78 Å². The third-order valence-corrected chi connectivity index (χ3v) is 7.19. The van der Waals surface area contributed by atoms with Crippen molar-refractivity contribution in [1.82, 2.24) is 0 Å². The van der Waals surface area contributed by atoms with Crippen LogP contribution in [-0.2, 0) is 6.42 Å². The fourth-order valence-corrected chi connectivity index (χ4v) is 6.01. The molecule has 3 unspecified atom stereocenters. The first-order chi connectivity index (χ1) is 11.2. The van der Waals surface area contributed by atoms with Crippen LogP contribution in [0.25, 0.3) is 0 Å². The Bertz CT molecular complexity index is 679. The summed E-state index contributed by atoms with van der Waals surface area (Å²) < 4.78 is 0. The Balaban J connectivity index is 1.47. The third-order valence-electron chi connectivity index (χ3n) is 7.19. The highest BCUT2D eigenvalue weighted by Gasteiger charge is 2.51. The highest BCUT2D eigenvalue weighted by Crippen LogP contribution is 2.57. The molecular formula is C22H26O. The number of hydrogen-bond acceptors (Lipinski definition) is 1. The maximum absolute atomic E-state index is 12.9. The lowest BCUT2D eigenvalue weighted by molar-refractivity contribution is 0.0848. The summed E-state index contributed by atoms with van der Waals surface area (Å²) in [6, 6.07) is 6.90. The average molecular weight is 306 g/mol. The maximum Gasteiger partial charge on any atom is 0.163 e. The summed E-state index contributed by atoms with van der Waals surface area (Å²) in [5, 5.41) is 0. The van der Waals surface area contributed by atoms with Gasteiger partial charge in [0.25, 0.3) is 0 Å². The Morgan fingerprint density at radius 2 is 1.87 bits per heavy atom. The molecule has 2 fully saturated rings. The molecule has 2 saturated carbocycles. The predicted molar refractivity (Wildman–Crippen MR) is 92.7 cm³/mol. The van der Waals surface area contributed by atoms with Crippen LogP contribution in [0.2, 0.25) is 0 Å². The van der Waals surface area contributed by atoms with Gasteiger partial charge in [-0.25, -0.2) is 0 Å². The fraction of sp³-hybridized carbons (Fsp3) is 0.591. The van der Waals surface area contributed by atoms with E-state index in [1.807, 2.05) is 0 Å². The van der Waals surface area contributed by atoms with E-state index in [0.717, 1.165) is 24.3 Å². The molecule has 0 N–H and O–H groups in total. The first-order valence-electron chi connectivity index (χ1n) is 9.58. The summed E-state index contributed by atoms with van der Waals surface area (Å²) in [5.74, 6) is 2.52. The van der Waals surface area contributed by atoms with E-state index in [1.165, 1.54) is 56.1 Å². The molecule has 1 aromatic carbocycles. The van der Waals surface area contributed by atoms with Gasteiger partial charge in [0.2, 0.25) is 0 Å². The number of rotatable bonds is 1. The van der Waals surface area contributed by atoms with Crippen LogP contribution in [0, 0.1) is 17.3 Å². The number of benzene rings is 1. The van der Waals surface area contributed by atoms with Crippen LogP contribution in [0.4, 0.5) is 0 Å². The Hall–Kier alpha value is -1.37. The molecule has 3 atom stereocenters. The van der Waals surface area contributed by atoms with Crippen molar-refractivity contribution in [3.05, 3.63) is 47.0 Å². The average Bonchev–Trinajstić information content (AvgIpc) is 3.16. The zero-order valence-electron chi connectivity index (χ0n) is 13.9. The van der Waals surface area contributed by atoms with Gasteiger partial charge in [-0.05, 0) is 72.5 Å². The van der Waals surface area contributed by atoms with Gasteiger partial charge >= 0.3 is 0 Å². The summed E-state index contributed by atoms with van der Waals surface area (Å²) in [6.45, 7) is 0. The molecule has 1 heteroatoms.